The standard InChI is InChI=1S/C12H15ClN4O2/c1-6-7(2)12(19)17(15-11(6)18)5-9-8(3)14-16(4)10(9)13/h5H2,1-4H3,(H,15,18). The van der Waals surface area contributed by atoms with E-state index in [9.17, 15) is 9.59 Å². The van der Waals surface area contributed by atoms with Crippen LogP contribution in [0.4, 0.5) is 0 Å². The zero-order chi connectivity index (χ0) is 14.3. The van der Waals surface area contributed by atoms with E-state index in [1.54, 1.807) is 20.9 Å². The maximum absolute atomic E-state index is 12.1. The van der Waals surface area contributed by atoms with Crippen LogP contribution in [-0.2, 0) is 13.6 Å². The lowest BCUT2D eigenvalue weighted by molar-refractivity contribution is 0.616. The normalized spacial score (nSPS) is 11.0. The molecule has 0 unspecified atom stereocenters. The third-order valence-electron chi connectivity index (χ3n) is 3.29. The van der Waals surface area contributed by atoms with Crippen LogP contribution in [0.15, 0.2) is 9.59 Å². The van der Waals surface area contributed by atoms with Gasteiger partial charge in [0.15, 0.2) is 0 Å². The maximum atomic E-state index is 12.1. The number of H-pyrrole nitrogens is 1. The van der Waals surface area contributed by atoms with Crippen molar-refractivity contribution in [1.29, 1.82) is 0 Å². The number of hydrogen-bond acceptors (Lipinski definition) is 3. The monoisotopic (exact) mass is 282 g/mol. The molecule has 0 fully saturated rings. The highest BCUT2D eigenvalue weighted by atomic mass is 35.5. The van der Waals surface area contributed by atoms with Gasteiger partial charge < -0.3 is 0 Å². The molecule has 6 nitrogen and oxygen atoms in total. The first-order valence-electron chi connectivity index (χ1n) is 5.81. The van der Waals surface area contributed by atoms with E-state index >= 15 is 0 Å². The molecule has 102 valence electrons. The number of hydrogen-bond donors (Lipinski definition) is 1. The SMILES string of the molecule is Cc1nn(C)c(Cl)c1Cn1[nH]c(=O)c(C)c(C)c1=O. The maximum Gasteiger partial charge on any atom is 0.268 e. The molecule has 2 aromatic heterocycles. The van der Waals surface area contributed by atoms with E-state index in [-0.39, 0.29) is 17.7 Å². The fraction of sp³-hybridized carbons (Fsp3) is 0.417. The third kappa shape index (κ3) is 2.23. The van der Waals surface area contributed by atoms with Gasteiger partial charge in [0.05, 0.1) is 12.2 Å². The molecule has 0 saturated carbocycles. The molecule has 0 aromatic carbocycles. The number of aromatic nitrogens is 4. The molecular weight excluding hydrogens is 268 g/mol. The molecule has 19 heavy (non-hydrogen) atoms. The Hall–Kier alpha value is -1.82. The second-order valence-electron chi connectivity index (χ2n) is 4.56. The molecule has 0 aliphatic rings. The van der Waals surface area contributed by atoms with Gasteiger partial charge in [0.1, 0.15) is 5.15 Å². The molecule has 0 bridgehead atoms. The topological polar surface area (TPSA) is 72.7 Å². The molecule has 2 heterocycles. The Morgan fingerprint density at radius 1 is 1.21 bits per heavy atom. The number of aromatic amines is 1. The largest absolute Gasteiger partial charge is 0.268 e. The lowest BCUT2D eigenvalue weighted by Gasteiger charge is -2.08. The quantitative estimate of drug-likeness (QED) is 0.889. The molecule has 7 heteroatoms. The van der Waals surface area contributed by atoms with Crippen molar-refractivity contribution in [1.82, 2.24) is 19.6 Å². The van der Waals surface area contributed by atoms with Crippen LogP contribution in [0.5, 0.6) is 0 Å². The molecule has 0 aliphatic heterocycles. The van der Waals surface area contributed by atoms with Gasteiger partial charge in [0, 0.05) is 23.7 Å². The molecule has 0 amide bonds. The minimum Gasteiger partial charge on any atom is -0.268 e. The van der Waals surface area contributed by atoms with E-state index < -0.39 is 0 Å². The van der Waals surface area contributed by atoms with Crippen LogP contribution in [0, 0.1) is 20.8 Å². The van der Waals surface area contributed by atoms with Gasteiger partial charge in [-0.2, -0.15) is 5.10 Å². The van der Waals surface area contributed by atoms with Gasteiger partial charge in [0.25, 0.3) is 11.1 Å². The van der Waals surface area contributed by atoms with Gasteiger partial charge in [-0.15, -0.1) is 0 Å². The van der Waals surface area contributed by atoms with E-state index in [0.717, 1.165) is 11.3 Å². The summed E-state index contributed by atoms with van der Waals surface area (Å²) in [6.07, 6.45) is 0. The minimum atomic E-state index is -0.269. The lowest BCUT2D eigenvalue weighted by Crippen LogP contribution is -2.33. The van der Waals surface area contributed by atoms with E-state index in [0.29, 0.717) is 16.3 Å². The summed E-state index contributed by atoms with van der Waals surface area (Å²) >= 11 is 6.12. The number of halogens is 1. The Morgan fingerprint density at radius 3 is 2.37 bits per heavy atom. The summed E-state index contributed by atoms with van der Waals surface area (Å²) in [6, 6.07) is 0. The van der Waals surface area contributed by atoms with Crippen LogP contribution >= 0.6 is 11.6 Å². The van der Waals surface area contributed by atoms with Crippen LogP contribution in [0.25, 0.3) is 0 Å². The minimum absolute atomic E-state index is 0.202. The number of nitrogens with zero attached hydrogens (tertiary/aromatic N) is 3. The first-order valence-corrected chi connectivity index (χ1v) is 6.19. The molecule has 2 rings (SSSR count). The van der Waals surface area contributed by atoms with Crippen molar-refractivity contribution in [2.75, 3.05) is 0 Å². The van der Waals surface area contributed by atoms with Crippen LogP contribution in [-0.4, -0.2) is 19.6 Å². The molecule has 1 N–H and O–H groups in total. The van der Waals surface area contributed by atoms with Gasteiger partial charge in [-0.1, -0.05) is 11.6 Å². The Balaban J connectivity index is 2.57. The van der Waals surface area contributed by atoms with Crippen LogP contribution in [0.3, 0.4) is 0 Å². The smallest absolute Gasteiger partial charge is 0.268 e. The van der Waals surface area contributed by atoms with Crippen molar-refractivity contribution in [3.63, 3.8) is 0 Å². The number of aryl methyl sites for hydroxylation is 2. The highest BCUT2D eigenvalue weighted by molar-refractivity contribution is 6.30. The zero-order valence-corrected chi connectivity index (χ0v) is 12.0. The third-order valence-corrected chi connectivity index (χ3v) is 3.76. The Kier molecular flexibility index (Phi) is 3.36. The Morgan fingerprint density at radius 2 is 1.84 bits per heavy atom. The fourth-order valence-electron chi connectivity index (χ4n) is 1.91. The van der Waals surface area contributed by atoms with E-state index in [4.69, 9.17) is 11.6 Å². The van der Waals surface area contributed by atoms with Gasteiger partial charge in [-0.25, -0.2) is 4.68 Å². The average Bonchev–Trinajstić information content (AvgIpc) is 2.60. The summed E-state index contributed by atoms with van der Waals surface area (Å²) in [5.41, 5.74) is 1.85. The second-order valence-corrected chi connectivity index (χ2v) is 4.92. The number of nitrogens with one attached hydrogen (secondary N) is 1. The van der Waals surface area contributed by atoms with Crippen LogP contribution in [0.1, 0.15) is 22.4 Å². The predicted molar refractivity (Wildman–Crippen MR) is 72.9 cm³/mol. The summed E-state index contributed by atoms with van der Waals surface area (Å²) in [4.78, 5) is 23.8. The average molecular weight is 283 g/mol. The Labute approximate surface area is 114 Å². The van der Waals surface area contributed by atoms with Crippen molar-refractivity contribution >= 4 is 11.6 Å². The summed E-state index contributed by atoms with van der Waals surface area (Å²) in [6.45, 7) is 5.28. The molecule has 0 radical (unpaired) electrons. The lowest BCUT2D eigenvalue weighted by atomic mass is 10.2. The molecule has 0 spiro atoms. The van der Waals surface area contributed by atoms with Crippen molar-refractivity contribution in [2.45, 2.75) is 27.3 Å². The zero-order valence-electron chi connectivity index (χ0n) is 11.2. The molecular formula is C12H15ClN4O2. The highest BCUT2D eigenvalue weighted by Gasteiger charge is 2.14. The molecule has 0 aliphatic carbocycles. The molecule has 0 atom stereocenters. The van der Waals surface area contributed by atoms with E-state index in [2.05, 4.69) is 10.2 Å². The summed E-state index contributed by atoms with van der Waals surface area (Å²) < 4.78 is 2.80. The predicted octanol–water partition coefficient (Wildman–Crippen LogP) is 0.897. The molecule has 0 saturated heterocycles. The van der Waals surface area contributed by atoms with Crippen molar-refractivity contribution < 1.29 is 0 Å². The van der Waals surface area contributed by atoms with Gasteiger partial charge in [-0.3, -0.25) is 19.4 Å². The number of rotatable bonds is 2. The van der Waals surface area contributed by atoms with E-state index in [1.807, 2.05) is 6.92 Å². The highest BCUT2D eigenvalue weighted by Crippen LogP contribution is 2.18. The summed E-state index contributed by atoms with van der Waals surface area (Å²) in [5.74, 6) is 0. The first-order chi connectivity index (χ1) is 8.82. The van der Waals surface area contributed by atoms with Crippen molar-refractivity contribution in [3.05, 3.63) is 48.2 Å². The summed E-state index contributed by atoms with van der Waals surface area (Å²) in [7, 11) is 1.73. The molecule has 2 aromatic rings. The Bertz CT molecular complexity index is 754. The summed E-state index contributed by atoms with van der Waals surface area (Å²) in [5, 5.41) is 7.19. The van der Waals surface area contributed by atoms with Crippen molar-refractivity contribution in [2.24, 2.45) is 7.05 Å². The fourth-order valence-corrected chi connectivity index (χ4v) is 2.15. The second kappa shape index (κ2) is 4.70. The van der Waals surface area contributed by atoms with Gasteiger partial charge in [-0.05, 0) is 20.8 Å². The van der Waals surface area contributed by atoms with E-state index in [1.165, 1.54) is 9.36 Å². The van der Waals surface area contributed by atoms with Gasteiger partial charge in [0.2, 0.25) is 0 Å². The van der Waals surface area contributed by atoms with Crippen LogP contribution < -0.4 is 11.1 Å². The van der Waals surface area contributed by atoms with Crippen LogP contribution in [0.2, 0.25) is 5.15 Å². The first kappa shape index (κ1) is 13.6. The van der Waals surface area contributed by atoms with Gasteiger partial charge >= 0.3 is 0 Å². The van der Waals surface area contributed by atoms with Crippen molar-refractivity contribution in [3.8, 4) is 0 Å².